The summed E-state index contributed by atoms with van der Waals surface area (Å²) in [6.45, 7) is 8.74. The van der Waals surface area contributed by atoms with Crippen molar-refractivity contribution in [1.82, 2.24) is 0 Å². The SMILES string of the molecule is CCCc1cccc(C)c1.CCCc1ccccc1C. The molecule has 2 rings (SSSR count). The Hall–Kier alpha value is -1.56. The summed E-state index contributed by atoms with van der Waals surface area (Å²) in [5, 5.41) is 0. The van der Waals surface area contributed by atoms with E-state index in [0.717, 1.165) is 0 Å². The van der Waals surface area contributed by atoms with E-state index >= 15 is 0 Å². The van der Waals surface area contributed by atoms with Crippen LogP contribution in [0, 0.1) is 13.8 Å². The van der Waals surface area contributed by atoms with E-state index in [-0.39, 0.29) is 0 Å². The fourth-order valence-corrected chi connectivity index (χ4v) is 2.32. The summed E-state index contributed by atoms with van der Waals surface area (Å²) in [6.07, 6.45) is 4.91. The highest BCUT2D eigenvalue weighted by Gasteiger charge is 1.92. The van der Waals surface area contributed by atoms with Crippen molar-refractivity contribution in [2.75, 3.05) is 0 Å². The fraction of sp³-hybridized carbons (Fsp3) is 0.400. The Bertz CT molecular complexity index is 497. The summed E-state index contributed by atoms with van der Waals surface area (Å²) < 4.78 is 0. The van der Waals surface area contributed by atoms with Gasteiger partial charge in [0.05, 0.1) is 0 Å². The van der Waals surface area contributed by atoms with E-state index < -0.39 is 0 Å². The van der Waals surface area contributed by atoms with Crippen molar-refractivity contribution in [1.29, 1.82) is 0 Å². The summed E-state index contributed by atoms with van der Waals surface area (Å²) in [4.78, 5) is 0. The van der Waals surface area contributed by atoms with Crippen LogP contribution in [0.1, 0.15) is 48.9 Å². The van der Waals surface area contributed by atoms with Crippen LogP contribution in [0.3, 0.4) is 0 Å². The first-order valence-electron chi connectivity index (χ1n) is 7.77. The van der Waals surface area contributed by atoms with E-state index in [1.165, 1.54) is 47.9 Å². The number of rotatable bonds is 4. The zero-order valence-electron chi connectivity index (χ0n) is 13.4. The van der Waals surface area contributed by atoms with Crippen molar-refractivity contribution in [2.45, 2.75) is 53.4 Å². The third-order valence-electron chi connectivity index (χ3n) is 3.40. The average Bonchev–Trinajstić information content (AvgIpc) is 2.43. The van der Waals surface area contributed by atoms with Gasteiger partial charge < -0.3 is 0 Å². The molecule has 0 saturated carbocycles. The Morgan fingerprint density at radius 2 is 1.45 bits per heavy atom. The Morgan fingerprint density at radius 3 is 2.05 bits per heavy atom. The van der Waals surface area contributed by atoms with E-state index in [9.17, 15) is 0 Å². The zero-order chi connectivity index (χ0) is 14.8. The van der Waals surface area contributed by atoms with Crippen LogP contribution in [0.2, 0.25) is 0 Å². The maximum absolute atomic E-state index is 2.25. The second-order valence-electron chi connectivity index (χ2n) is 5.42. The highest BCUT2D eigenvalue weighted by atomic mass is 14.0. The lowest BCUT2D eigenvalue weighted by Gasteiger charge is -2.01. The summed E-state index contributed by atoms with van der Waals surface area (Å²) in [5.74, 6) is 0. The van der Waals surface area contributed by atoms with E-state index in [4.69, 9.17) is 0 Å². The van der Waals surface area contributed by atoms with Gasteiger partial charge in [0.1, 0.15) is 0 Å². The van der Waals surface area contributed by atoms with E-state index in [2.05, 4.69) is 76.2 Å². The normalized spacial score (nSPS) is 9.80. The maximum atomic E-state index is 2.25. The molecule has 0 spiro atoms. The molecule has 0 bridgehead atoms. The van der Waals surface area contributed by atoms with Crippen molar-refractivity contribution >= 4 is 0 Å². The smallest absolute Gasteiger partial charge is 0.0279 e. The predicted octanol–water partition coefficient (Wildman–Crippen LogP) is 5.90. The van der Waals surface area contributed by atoms with Gasteiger partial charge in [-0.1, -0.05) is 80.8 Å². The van der Waals surface area contributed by atoms with Gasteiger partial charge in [-0.15, -0.1) is 0 Å². The molecule has 0 aliphatic carbocycles. The molecule has 108 valence electrons. The number of benzene rings is 2. The molecule has 0 N–H and O–H groups in total. The molecule has 0 aromatic heterocycles. The molecule has 0 atom stereocenters. The monoisotopic (exact) mass is 268 g/mol. The first-order chi connectivity index (χ1) is 9.67. The third kappa shape index (κ3) is 6.06. The van der Waals surface area contributed by atoms with Crippen molar-refractivity contribution < 1.29 is 0 Å². The summed E-state index contributed by atoms with van der Waals surface area (Å²) in [6, 6.07) is 17.3. The molecule has 0 aliphatic rings. The molecule has 0 saturated heterocycles. The summed E-state index contributed by atoms with van der Waals surface area (Å²) >= 11 is 0. The first kappa shape index (κ1) is 16.5. The summed E-state index contributed by atoms with van der Waals surface area (Å²) in [5.41, 5.74) is 5.74. The third-order valence-corrected chi connectivity index (χ3v) is 3.40. The summed E-state index contributed by atoms with van der Waals surface area (Å²) in [7, 11) is 0. The van der Waals surface area contributed by atoms with Crippen LogP contribution in [-0.4, -0.2) is 0 Å². The van der Waals surface area contributed by atoms with E-state index in [1.807, 2.05) is 0 Å². The minimum absolute atomic E-state index is 1.21. The van der Waals surface area contributed by atoms with Crippen LogP contribution in [-0.2, 0) is 12.8 Å². The zero-order valence-corrected chi connectivity index (χ0v) is 13.4. The van der Waals surface area contributed by atoms with E-state index in [1.54, 1.807) is 0 Å². The Morgan fingerprint density at radius 1 is 0.750 bits per heavy atom. The number of hydrogen-bond acceptors (Lipinski definition) is 0. The minimum atomic E-state index is 1.21. The first-order valence-corrected chi connectivity index (χ1v) is 7.77. The lowest BCUT2D eigenvalue weighted by Crippen LogP contribution is -1.85. The van der Waals surface area contributed by atoms with Crippen LogP contribution in [0.15, 0.2) is 48.5 Å². The van der Waals surface area contributed by atoms with Crippen molar-refractivity contribution in [3.63, 3.8) is 0 Å². The van der Waals surface area contributed by atoms with Gasteiger partial charge in [-0.05, 0) is 43.4 Å². The lowest BCUT2D eigenvalue weighted by molar-refractivity contribution is 0.913. The highest BCUT2D eigenvalue weighted by Crippen LogP contribution is 2.08. The highest BCUT2D eigenvalue weighted by molar-refractivity contribution is 5.25. The number of aryl methyl sites for hydroxylation is 4. The van der Waals surface area contributed by atoms with Crippen LogP contribution in [0.4, 0.5) is 0 Å². The molecule has 0 heterocycles. The molecule has 20 heavy (non-hydrogen) atoms. The van der Waals surface area contributed by atoms with Crippen LogP contribution < -0.4 is 0 Å². The maximum Gasteiger partial charge on any atom is -0.0279 e. The Balaban J connectivity index is 0.000000200. The van der Waals surface area contributed by atoms with Gasteiger partial charge >= 0.3 is 0 Å². The second kappa shape index (κ2) is 9.36. The van der Waals surface area contributed by atoms with Gasteiger partial charge in [0, 0.05) is 0 Å². The molecule has 0 heteroatoms. The molecule has 0 radical (unpaired) electrons. The molecule has 2 aromatic carbocycles. The molecule has 0 nitrogen and oxygen atoms in total. The molecule has 0 amide bonds. The lowest BCUT2D eigenvalue weighted by atomic mass is 10.1. The van der Waals surface area contributed by atoms with E-state index in [0.29, 0.717) is 0 Å². The standard InChI is InChI=1S/2C10H14/c1-3-6-10-8-5-4-7-9(10)2;1-3-5-10-7-4-6-9(2)8-10/h4-5,7-8H,3,6H2,1-2H3;4,6-8H,3,5H2,1-2H3. The Labute approximate surface area is 124 Å². The van der Waals surface area contributed by atoms with Crippen LogP contribution >= 0.6 is 0 Å². The second-order valence-corrected chi connectivity index (χ2v) is 5.42. The average molecular weight is 268 g/mol. The van der Waals surface area contributed by atoms with Crippen molar-refractivity contribution in [3.05, 3.63) is 70.8 Å². The molecule has 0 fully saturated rings. The molecule has 0 unspecified atom stereocenters. The molecular weight excluding hydrogens is 240 g/mol. The quantitative estimate of drug-likeness (QED) is 0.648. The largest absolute Gasteiger partial charge is 0.0651 e. The van der Waals surface area contributed by atoms with Crippen molar-refractivity contribution in [2.24, 2.45) is 0 Å². The van der Waals surface area contributed by atoms with Crippen molar-refractivity contribution in [3.8, 4) is 0 Å². The topological polar surface area (TPSA) is 0 Å². The molecular formula is C20H28. The molecule has 0 aliphatic heterocycles. The van der Waals surface area contributed by atoms with Gasteiger partial charge in [-0.25, -0.2) is 0 Å². The van der Waals surface area contributed by atoms with Gasteiger partial charge in [0.2, 0.25) is 0 Å². The minimum Gasteiger partial charge on any atom is -0.0651 e. The van der Waals surface area contributed by atoms with Gasteiger partial charge in [0.25, 0.3) is 0 Å². The number of hydrogen-bond donors (Lipinski definition) is 0. The Kier molecular flexibility index (Phi) is 7.72. The fourth-order valence-electron chi connectivity index (χ4n) is 2.32. The predicted molar refractivity (Wildman–Crippen MR) is 90.3 cm³/mol. The van der Waals surface area contributed by atoms with Crippen LogP contribution in [0.25, 0.3) is 0 Å². The van der Waals surface area contributed by atoms with Gasteiger partial charge in [0.15, 0.2) is 0 Å². The molecule has 2 aromatic rings. The van der Waals surface area contributed by atoms with Crippen LogP contribution in [0.5, 0.6) is 0 Å². The van der Waals surface area contributed by atoms with Gasteiger partial charge in [-0.3, -0.25) is 0 Å². The van der Waals surface area contributed by atoms with Gasteiger partial charge in [-0.2, -0.15) is 0 Å².